The molecule has 2 aliphatic rings. The molecule has 4 heterocycles. The van der Waals surface area contributed by atoms with Crippen molar-refractivity contribution in [3.05, 3.63) is 30.2 Å². The number of nitrogens with zero attached hydrogens (tertiary/aromatic N) is 6. The summed E-state index contributed by atoms with van der Waals surface area (Å²) in [4.78, 5) is 11.2. The molecule has 0 aliphatic carbocycles. The molecule has 30 heavy (non-hydrogen) atoms. The molecule has 3 aromatic rings. The molecule has 1 saturated heterocycles. The standard InChI is InChI=1S/C20H21F3N6O/c1-13-24-19(29(26-13)12-20(21,22)23)16-11-28-8-9-30-17-10-14(27-6-2-3-7-27)4-5-15(17)18(28)25-16/h4-5,10-11H,2-3,6-9,12H2,1H3. The van der Waals surface area contributed by atoms with Crippen molar-refractivity contribution >= 4 is 5.69 Å². The van der Waals surface area contributed by atoms with Gasteiger partial charge in [-0.3, -0.25) is 0 Å². The number of hydrogen-bond donors (Lipinski definition) is 0. The Kier molecular flexibility index (Phi) is 4.44. The van der Waals surface area contributed by atoms with Crippen LogP contribution in [0.15, 0.2) is 24.4 Å². The van der Waals surface area contributed by atoms with E-state index < -0.39 is 12.7 Å². The second-order valence-electron chi connectivity index (χ2n) is 7.62. The highest BCUT2D eigenvalue weighted by Crippen LogP contribution is 2.37. The fourth-order valence-electron chi connectivity index (χ4n) is 4.08. The van der Waals surface area contributed by atoms with Crippen molar-refractivity contribution in [1.82, 2.24) is 24.3 Å². The minimum absolute atomic E-state index is 0.113. The van der Waals surface area contributed by atoms with E-state index in [1.807, 2.05) is 22.8 Å². The Balaban J connectivity index is 1.54. The molecular formula is C20H21F3N6O. The fourth-order valence-corrected chi connectivity index (χ4v) is 4.08. The summed E-state index contributed by atoms with van der Waals surface area (Å²) in [6.07, 6.45) is -0.301. The monoisotopic (exact) mass is 418 g/mol. The van der Waals surface area contributed by atoms with Crippen molar-refractivity contribution in [2.45, 2.75) is 39.0 Å². The summed E-state index contributed by atoms with van der Waals surface area (Å²) in [6.45, 7) is 3.43. The van der Waals surface area contributed by atoms with Crippen LogP contribution in [0, 0.1) is 6.92 Å². The van der Waals surface area contributed by atoms with Crippen molar-refractivity contribution in [3.63, 3.8) is 0 Å². The van der Waals surface area contributed by atoms with E-state index >= 15 is 0 Å². The topological polar surface area (TPSA) is 61.0 Å². The van der Waals surface area contributed by atoms with Gasteiger partial charge >= 0.3 is 6.18 Å². The van der Waals surface area contributed by atoms with Gasteiger partial charge in [0.1, 0.15) is 36.2 Å². The Hall–Kier alpha value is -3.04. The number of aromatic nitrogens is 5. The first kappa shape index (κ1) is 19.0. The summed E-state index contributed by atoms with van der Waals surface area (Å²) in [7, 11) is 0. The van der Waals surface area contributed by atoms with Crippen LogP contribution in [-0.4, -0.2) is 50.2 Å². The van der Waals surface area contributed by atoms with E-state index in [0.717, 1.165) is 34.8 Å². The lowest BCUT2D eigenvalue weighted by atomic mass is 10.1. The van der Waals surface area contributed by atoms with E-state index in [2.05, 4.69) is 20.0 Å². The van der Waals surface area contributed by atoms with Gasteiger partial charge in [-0.15, -0.1) is 0 Å². The summed E-state index contributed by atoms with van der Waals surface area (Å²) < 4.78 is 47.6. The molecule has 10 heteroatoms. The normalized spacial score (nSPS) is 16.2. The minimum atomic E-state index is -4.39. The van der Waals surface area contributed by atoms with Crippen molar-refractivity contribution < 1.29 is 17.9 Å². The van der Waals surface area contributed by atoms with E-state index in [1.165, 1.54) is 12.8 Å². The Labute approximate surface area is 171 Å². The number of benzene rings is 1. The van der Waals surface area contributed by atoms with Gasteiger partial charge < -0.3 is 14.2 Å². The molecule has 7 nitrogen and oxygen atoms in total. The first-order valence-electron chi connectivity index (χ1n) is 9.95. The second-order valence-corrected chi connectivity index (χ2v) is 7.62. The molecule has 0 atom stereocenters. The van der Waals surface area contributed by atoms with Gasteiger partial charge in [-0.1, -0.05) is 0 Å². The van der Waals surface area contributed by atoms with Crippen molar-refractivity contribution in [1.29, 1.82) is 0 Å². The largest absolute Gasteiger partial charge is 0.491 e. The maximum Gasteiger partial charge on any atom is 0.408 e. The van der Waals surface area contributed by atoms with Crippen LogP contribution in [0.25, 0.3) is 22.9 Å². The molecule has 0 saturated carbocycles. The van der Waals surface area contributed by atoms with Gasteiger partial charge in [-0.2, -0.15) is 18.3 Å². The van der Waals surface area contributed by atoms with Crippen LogP contribution in [0.5, 0.6) is 5.75 Å². The number of aryl methyl sites for hydroxylation is 1. The summed E-state index contributed by atoms with van der Waals surface area (Å²) in [6, 6.07) is 6.05. The van der Waals surface area contributed by atoms with Crippen LogP contribution in [0.3, 0.4) is 0 Å². The van der Waals surface area contributed by atoms with Crippen LogP contribution in [-0.2, 0) is 13.1 Å². The Morgan fingerprint density at radius 2 is 1.87 bits per heavy atom. The number of hydrogen-bond acceptors (Lipinski definition) is 5. The number of imidazole rings is 1. The van der Waals surface area contributed by atoms with Crippen molar-refractivity contribution in [2.24, 2.45) is 0 Å². The van der Waals surface area contributed by atoms with Gasteiger partial charge in [0, 0.05) is 31.0 Å². The van der Waals surface area contributed by atoms with Crippen LogP contribution in [0.4, 0.5) is 18.9 Å². The first-order chi connectivity index (χ1) is 14.4. The number of fused-ring (bicyclic) bond motifs is 3. The van der Waals surface area contributed by atoms with Gasteiger partial charge in [0.2, 0.25) is 0 Å². The van der Waals surface area contributed by atoms with Gasteiger partial charge in [0.05, 0.1) is 12.1 Å². The van der Waals surface area contributed by atoms with Crippen LogP contribution >= 0.6 is 0 Å². The van der Waals surface area contributed by atoms with E-state index in [-0.39, 0.29) is 11.6 Å². The molecule has 2 aliphatic heterocycles. The van der Waals surface area contributed by atoms with E-state index in [9.17, 15) is 13.2 Å². The lowest BCUT2D eigenvalue weighted by Crippen LogP contribution is -2.19. The first-order valence-corrected chi connectivity index (χ1v) is 9.95. The Morgan fingerprint density at radius 1 is 1.07 bits per heavy atom. The molecular weight excluding hydrogens is 397 g/mol. The number of ether oxygens (including phenoxy) is 1. The highest BCUT2D eigenvalue weighted by Gasteiger charge is 2.31. The van der Waals surface area contributed by atoms with Gasteiger partial charge in [-0.05, 0) is 31.9 Å². The van der Waals surface area contributed by atoms with Crippen molar-refractivity contribution in [3.8, 4) is 28.7 Å². The number of anilines is 1. The lowest BCUT2D eigenvalue weighted by molar-refractivity contribution is -0.142. The zero-order valence-electron chi connectivity index (χ0n) is 16.5. The Bertz CT molecular complexity index is 1080. The summed E-state index contributed by atoms with van der Waals surface area (Å²) in [5.41, 5.74) is 2.30. The minimum Gasteiger partial charge on any atom is -0.491 e. The third kappa shape index (κ3) is 3.50. The molecule has 0 spiro atoms. The summed E-state index contributed by atoms with van der Waals surface area (Å²) in [5.74, 6) is 1.78. The summed E-state index contributed by atoms with van der Waals surface area (Å²) in [5, 5.41) is 3.90. The number of rotatable bonds is 3. The molecule has 2 aromatic heterocycles. The van der Waals surface area contributed by atoms with Gasteiger partial charge in [0.25, 0.3) is 0 Å². The maximum atomic E-state index is 13.0. The average molecular weight is 418 g/mol. The van der Waals surface area contributed by atoms with E-state index in [4.69, 9.17) is 4.74 Å². The van der Waals surface area contributed by atoms with Crippen molar-refractivity contribution in [2.75, 3.05) is 24.6 Å². The summed E-state index contributed by atoms with van der Waals surface area (Å²) >= 11 is 0. The predicted molar refractivity (Wildman–Crippen MR) is 104 cm³/mol. The fraction of sp³-hybridized carbons (Fsp3) is 0.450. The zero-order chi connectivity index (χ0) is 20.9. The second kappa shape index (κ2) is 7.03. The number of halogens is 3. The average Bonchev–Trinajstić information content (AvgIpc) is 3.39. The highest BCUT2D eigenvalue weighted by atomic mass is 19.4. The third-order valence-electron chi connectivity index (χ3n) is 5.38. The zero-order valence-corrected chi connectivity index (χ0v) is 16.5. The third-order valence-corrected chi connectivity index (χ3v) is 5.38. The smallest absolute Gasteiger partial charge is 0.408 e. The SMILES string of the molecule is Cc1nc(-c2cn3c(n2)-c2ccc(N4CCCC4)cc2OCC3)n(CC(F)(F)F)n1. The molecule has 0 bridgehead atoms. The van der Waals surface area contributed by atoms with Gasteiger partial charge in [0.15, 0.2) is 5.82 Å². The molecule has 0 radical (unpaired) electrons. The lowest BCUT2D eigenvalue weighted by Gasteiger charge is -2.19. The molecule has 0 N–H and O–H groups in total. The number of alkyl halides is 3. The predicted octanol–water partition coefficient (Wildman–Crippen LogP) is 3.67. The van der Waals surface area contributed by atoms with Crippen LogP contribution in [0.1, 0.15) is 18.7 Å². The van der Waals surface area contributed by atoms with Crippen LogP contribution < -0.4 is 9.64 Å². The highest BCUT2D eigenvalue weighted by molar-refractivity contribution is 5.72. The molecule has 1 aromatic carbocycles. The molecule has 0 unspecified atom stereocenters. The molecule has 5 rings (SSSR count). The quantitative estimate of drug-likeness (QED) is 0.650. The van der Waals surface area contributed by atoms with E-state index in [0.29, 0.717) is 24.7 Å². The molecule has 0 amide bonds. The maximum absolute atomic E-state index is 13.0. The molecule has 1 fully saturated rings. The molecule has 158 valence electrons. The van der Waals surface area contributed by atoms with Crippen LogP contribution in [0.2, 0.25) is 0 Å². The van der Waals surface area contributed by atoms with Gasteiger partial charge in [-0.25, -0.2) is 14.6 Å². The Morgan fingerprint density at radius 3 is 2.63 bits per heavy atom. The van der Waals surface area contributed by atoms with E-state index in [1.54, 1.807) is 13.1 Å².